The molecule has 0 bridgehead atoms. The van der Waals surface area contributed by atoms with E-state index in [4.69, 9.17) is 0 Å². The van der Waals surface area contributed by atoms with Crippen LogP contribution in [0.4, 0.5) is 0 Å². The van der Waals surface area contributed by atoms with Gasteiger partial charge in [-0.15, -0.1) is 10.2 Å². The minimum Gasteiger partial charge on any atom is -0.341 e. The summed E-state index contributed by atoms with van der Waals surface area (Å²) in [6.07, 6.45) is 2.41. The third-order valence-electron chi connectivity index (χ3n) is 4.10. The molecule has 1 aromatic heterocycles. The number of amides is 1. The van der Waals surface area contributed by atoms with Crippen LogP contribution in [0.25, 0.3) is 0 Å². The molecule has 1 saturated carbocycles. The number of carbonyl (C=O) groups excluding carboxylic acids is 1. The minimum atomic E-state index is 0.103. The summed E-state index contributed by atoms with van der Waals surface area (Å²) in [5.41, 5.74) is 2.37. The molecule has 1 aliphatic rings. The van der Waals surface area contributed by atoms with Crippen molar-refractivity contribution in [2.45, 2.75) is 37.4 Å². The second-order valence-corrected chi connectivity index (χ2v) is 7.14. The lowest BCUT2D eigenvalue weighted by atomic mass is 10.1. The first kappa shape index (κ1) is 16.1. The van der Waals surface area contributed by atoms with Crippen LogP contribution in [0.2, 0.25) is 0 Å². The minimum absolute atomic E-state index is 0.103. The Labute approximate surface area is 141 Å². The lowest BCUT2D eigenvalue weighted by Crippen LogP contribution is -2.27. The molecule has 0 N–H and O–H groups in total. The topological polar surface area (TPSA) is 51.0 Å². The molecule has 1 aromatic carbocycles. The molecule has 6 heteroatoms. The normalized spacial score (nSPS) is 14.0. The molecule has 3 rings (SSSR count). The van der Waals surface area contributed by atoms with Crippen LogP contribution in [0.1, 0.15) is 35.7 Å². The summed E-state index contributed by atoms with van der Waals surface area (Å²) in [5, 5.41) is 9.27. The van der Waals surface area contributed by atoms with E-state index in [-0.39, 0.29) is 5.91 Å². The second-order valence-electron chi connectivity index (χ2n) is 6.20. The van der Waals surface area contributed by atoms with Gasteiger partial charge < -0.3 is 9.47 Å². The average Bonchev–Trinajstić information content (AvgIpc) is 3.31. The van der Waals surface area contributed by atoms with Gasteiger partial charge in [0, 0.05) is 26.6 Å². The Morgan fingerprint density at radius 3 is 2.65 bits per heavy atom. The summed E-state index contributed by atoms with van der Waals surface area (Å²) in [4.78, 5) is 14.1. The zero-order valence-corrected chi connectivity index (χ0v) is 14.6. The molecule has 0 saturated heterocycles. The van der Waals surface area contributed by atoms with Crippen molar-refractivity contribution in [3.05, 3.63) is 41.2 Å². The first-order valence-electron chi connectivity index (χ1n) is 7.86. The number of thioether (sulfide) groups is 1. The van der Waals surface area contributed by atoms with Crippen LogP contribution in [0.3, 0.4) is 0 Å². The van der Waals surface area contributed by atoms with Crippen molar-refractivity contribution in [2.75, 3.05) is 12.8 Å². The monoisotopic (exact) mass is 330 g/mol. The van der Waals surface area contributed by atoms with E-state index in [0.717, 1.165) is 16.5 Å². The molecule has 1 heterocycles. The van der Waals surface area contributed by atoms with Gasteiger partial charge in [-0.05, 0) is 25.3 Å². The molecule has 0 spiro atoms. The van der Waals surface area contributed by atoms with E-state index in [1.807, 2.05) is 18.7 Å². The Morgan fingerprint density at radius 1 is 1.30 bits per heavy atom. The molecular weight excluding hydrogens is 308 g/mol. The quantitative estimate of drug-likeness (QED) is 0.764. The Hall–Kier alpha value is -1.82. The highest BCUT2D eigenvalue weighted by atomic mass is 32.2. The fourth-order valence-corrected chi connectivity index (χ4v) is 3.30. The van der Waals surface area contributed by atoms with Gasteiger partial charge in [0.15, 0.2) is 5.16 Å². The lowest BCUT2D eigenvalue weighted by molar-refractivity contribution is -0.127. The number of hydrogen-bond acceptors (Lipinski definition) is 4. The fraction of sp³-hybridized carbons (Fsp3) is 0.471. The maximum absolute atomic E-state index is 12.3. The molecule has 1 aliphatic carbocycles. The highest BCUT2D eigenvalue weighted by molar-refractivity contribution is 7.99. The van der Waals surface area contributed by atoms with E-state index in [1.54, 1.807) is 4.90 Å². The Balaban J connectivity index is 1.53. The van der Waals surface area contributed by atoms with Crippen molar-refractivity contribution in [3.63, 3.8) is 0 Å². The van der Waals surface area contributed by atoms with E-state index < -0.39 is 0 Å². The van der Waals surface area contributed by atoms with Crippen molar-refractivity contribution in [3.8, 4) is 0 Å². The summed E-state index contributed by atoms with van der Waals surface area (Å²) >= 11 is 1.46. The Bertz CT molecular complexity index is 691. The molecule has 5 nitrogen and oxygen atoms in total. The van der Waals surface area contributed by atoms with Gasteiger partial charge >= 0.3 is 0 Å². The van der Waals surface area contributed by atoms with Crippen molar-refractivity contribution >= 4 is 17.7 Å². The Morgan fingerprint density at radius 2 is 2.00 bits per heavy atom. The zero-order chi connectivity index (χ0) is 16.4. The van der Waals surface area contributed by atoms with Crippen LogP contribution >= 0.6 is 11.8 Å². The third-order valence-corrected chi connectivity index (χ3v) is 5.11. The van der Waals surface area contributed by atoms with E-state index in [0.29, 0.717) is 18.2 Å². The molecule has 1 fully saturated rings. The van der Waals surface area contributed by atoms with Gasteiger partial charge in [-0.25, -0.2) is 0 Å². The van der Waals surface area contributed by atoms with Gasteiger partial charge in [0.2, 0.25) is 5.91 Å². The van der Waals surface area contributed by atoms with E-state index in [9.17, 15) is 4.79 Å². The van der Waals surface area contributed by atoms with Gasteiger partial charge in [-0.3, -0.25) is 4.79 Å². The van der Waals surface area contributed by atoms with Crippen LogP contribution < -0.4 is 0 Å². The summed E-state index contributed by atoms with van der Waals surface area (Å²) in [6.45, 7) is 2.69. The number of nitrogens with zero attached hydrogens (tertiary/aromatic N) is 4. The molecular formula is C17H22N4OS. The first-order valence-corrected chi connectivity index (χ1v) is 8.84. The number of benzene rings is 1. The summed E-state index contributed by atoms with van der Waals surface area (Å²) in [5.74, 6) is 2.11. The Kier molecular flexibility index (Phi) is 4.71. The van der Waals surface area contributed by atoms with E-state index in [1.165, 1.54) is 30.2 Å². The first-order chi connectivity index (χ1) is 11.0. The highest BCUT2D eigenvalue weighted by Gasteiger charge is 2.29. The van der Waals surface area contributed by atoms with Crippen LogP contribution in [0.15, 0.2) is 29.4 Å². The molecule has 122 valence electrons. The number of rotatable bonds is 6. The molecule has 23 heavy (non-hydrogen) atoms. The molecule has 0 aliphatic heterocycles. The third kappa shape index (κ3) is 3.93. The molecule has 2 aromatic rings. The van der Waals surface area contributed by atoms with Gasteiger partial charge in [-0.1, -0.05) is 41.6 Å². The van der Waals surface area contributed by atoms with Crippen LogP contribution in [0.5, 0.6) is 0 Å². The van der Waals surface area contributed by atoms with Crippen LogP contribution in [0, 0.1) is 6.92 Å². The number of aromatic nitrogens is 3. The molecule has 1 amide bonds. The lowest BCUT2D eigenvalue weighted by Gasteiger charge is -2.17. The summed E-state index contributed by atoms with van der Waals surface area (Å²) in [7, 11) is 3.82. The zero-order valence-electron chi connectivity index (χ0n) is 13.8. The van der Waals surface area contributed by atoms with Gasteiger partial charge in [0.25, 0.3) is 0 Å². The molecule has 0 atom stereocenters. The molecule has 0 unspecified atom stereocenters. The highest BCUT2D eigenvalue weighted by Crippen LogP contribution is 2.39. The number of carbonyl (C=O) groups is 1. The average molecular weight is 330 g/mol. The van der Waals surface area contributed by atoms with Crippen molar-refractivity contribution < 1.29 is 4.79 Å². The second kappa shape index (κ2) is 6.74. The van der Waals surface area contributed by atoms with E-state index in [2.05, 4.69) is 41.4 Å². The van der Waals surface area contributed by atoms with Crippen LogP contribution in [-0.2, 0) is 18.4 Å². The largest absolute Gasteiger partial charge is 0.341 e. The molecule has 0 radical (unpaired) electrons. The van der Waals surface area contributed by atoms with Gasteiger partial charge in [0.1, 0.15) is 5.82 Å². The summed E-state index contributed by atoms with van der Waals surface area (Å²) < 4.78 is 2.02. The number of hydrogen-bond donors (Lipinski definition) is 0. The standard InChI is InChI=1S/C17H22N4OS/c1-12-4-6-13(7-5-12)10-20(2)15(22)11-23-17-19-18-16(21(17)3)14-8-9-14/h4-7,14H,8-11H2,1-3H3. The summed E-state index contributed by atoms with van der Waals surface area (Å²) in [6, 6.07) is 8.27. The maximum Gasteiger partial charge on any atom is 0.233 e. The van der Waals surface area contributed by atoms with Crippen molar-refractivity contribution in [2.24, 2.45) is 7.05 Å². The number of aryl methyl sites for hydroxylation is 1. The van der Waals surface area contributed by atoms with Gasteiger partial charge in [-0.2, -0.15) is 0 Å². The van der Waals surface area contributed by atoms with E-state index >= 15 is 0 Å². The van der Waals surface area contributed by atoms with Crippen molar-refractivity contribution in [1.82, 2.24) is 19.7 Å². The van der Waals surface area contributed by atoms with Crippen LogP contribution in [-0.4, -0.2) is 38.4 Å². The smallest absolute Gasteiger partial charge is 0.233 e. The van der Waals surface area contributed by atoms with Gasteiger partial charge in [0.05, 0.1) is 5.75 Å². The SMILES string of the molecule is Cc1ccc(CN(C)C(=O)CSc2nnc(C3CC3)n2C)cc1. The predicted molar refractivity (Wildman–Crippen MR) is 91.4 cm³/mol. The van der Waals surface area contributed by atoms with Crippen molar-refractivity contribution in [1.29, 1.82) is 0 Å². The predicted octanol–water partition coefficient (Wildman–Crippen LogP) is 2.75. The maximum atomic E-state index is 12.3. The fourth-order valence-electron chi connectivity index (χ4n) is 2.44.